The zero-order valence-electron chi connectivity index (χ0n) is 13.9. The summed E-state index contributed by atoms with van der Waals surface area (Å²) in [4.78, 5) is 37.6. The Hall–Kier alpha value is -3.68. The second kappa shape index (κ2) is 6.32. The molecule has 8 heteroatoms. The van der Waals surface area contributed by atoms with Crippen LogP contribution in [0, 0.1) is 0 Å². The average molecular weight is 346 g/mol. The van der Waals surface area contributed by atoms with Crippen molar-refractivity contribution in [1.29, 1.82) is 0 Å². The molecule has 3 heterocycles. The van der Waals surface area contributed by atoms with Crippen molar-refractivity contribution >= 4 is 0 Å². The number of nitrogens with zero attached hydrogens (tertiary/aromatic N) is 6. The molecule has 0 spiro atoms. The summed E-state index contributed by atoms with van der Waals surface area (Å²) >= 11 is 0. The first-order valence-electron chi connectivity index (χ1n) is 7.94. The Labute approximate surface area is 147 Å². The van der Waals surface area contributed by atoms with Crippen molar-refractivity contribution in [3.63, 3.8) is 0 Å². The summed E-state index contributed by atoms with van der Waals surface area (Å²) in [5, 5.41) is 4.28. The zero-order valence-corrected chi connectivity index (χ0v) is 13.9. The Bertz CT molecular complexity index is 1150. The largest absolute Gasteiger partial charge is 0.352 e. The Balaban J connectivity index is 1.92. The van der Waals surface area contributed by atoms with Crippen LogP contribution in [0.15, 0.2) is 64.4 Å². The zero-order chi connectivity index (χ0) is 18.1. The monoisotopic (exact) mass is 346 g/mol. The summed E-state index contributed by atoms with van der Waals surface area (Å²) in [6.07, 6.45) is 3.25. The Kier molecular flexibility index (Phi) is 3.85. The van der Waals surface area contributed by atoms with Gasteiger partial charge >= 0.3 is 5.69 Å². The molecule has 0 saturated heterocycles. The first-order valence-corrected chi connectivity index (χ1v) is 7.94. The molecule has 26 heavy (non-hydrogen) atoms. The molecule has 2 aromatic rings. The molecular formula is C18H14N6O2. The number of benzene rings is 1. The van der Waals surface area contributed by atoms with Gasteiger partial charge in [0.2, 0.25) is 0 Å². The molecule has 0 N–H and O–H groups in total. The van der Waals surface area contributed by atoms with Crippen LogP contribution in [0.25, 0.3) is 22.9 Å². The summed E-state index contributed by atoms with van der Waals surface area (Å²) in [7, 11) is 1.62. The smallest absolute Gasteiger partial charge is 0.267 e. The van der Waals surface area contributed by atoms with E-state index < -0.39 is 11.2 Å². The molecule has 8 nitrogen and oxygen atoms in total. The third kappa shape index (κ3) is 2.77. The molecule has 0 unspecified atom stereocenters. The van der Waals surface area contributed by atoms with E-state index in [4.69, 9.17) is 0 Å². The Morgan fingerprint density at radius 1 is 1.00 bits per heavy atom. The van der Waals surface area contributed by atoms with E-state index in [2.05, 4.69) is 20.1 Å². The number of aryl methyl sites for hydroxylation is 1. The van der Waals surface area contributed by atoms with Gasteiger partial charge in [-0.2, -0.15) is 10.1 Å². The van der Waals surface area contributed by atoms with Gasteiger partial charge in [-0.1, -0.05) is 30.3 Å². The average Bonchev–Trinajstić information content (AvgIpc) is 2.67. The fourth-order valence-corrected chi connectivity index (χ4v) is 2.68. The van der Waals surface area contributed by atoms with Crippen LogP contribution in [0.2, 0.25) is 0 Å². The lowest BCUT2D eigenvalue weighted by Gasteiger charge is -2.12. The number of hydrogen-bond donors (Lipinski definition) is 0. The number of aromatic nitrogens is 6. The Morgan fingerprint density at radius 2 is 1.81 bits per heavy atom. The van der Waals surface area contributed by atoms with E-state index in [0.717, 1.165) is 10.1 Å². The van der Waals surface area contributed by atoms with E-state index >= 15 is 0 Å². The number of rotatable bonds is 3. The summed E-state index contributed by atoms with van der Waals surface area (Å²) in [6, 6.07) is 12.8. The van der Waals surface area contributed by atoms with Crippen LogP contribution in [0.5, 0.6) is 0 Å². The number of pyridine rings is 1. The third-order valence-electron chi connectivity index (χ3n) is 3.96. The minimum atomic E-state index is -0.625. The SMILES string of the molecule is Cn1nc(-c2cccnc2)nc2c(=O)n(Cc3ccccc3)c(=O)nc1-2. The summed E-state index contributed by atoms with van der Waals surface area (Å²) in [5.74, 6) is 0.494. The molecule has 0 amide bonds. The van der Waals surface area contributed by atoms with Crippen LogP contribution < -0.4 is 11.2 Å². The lowest BCUT2D eigenvalue weighted by molar-refractivity contribution is 0.652. The Morgan fingerprint density at radius 3 is 2.54 bits per heavy atom. The second-order valence-electron chi connectivity index (χ2n) is 5.74. The maximum Gasteiger partial charge on any atom is 0.352 e. The molecule has 0 bridgehead atoms. The summed E-state index contributed by atoms with van der Waals surface area (Å²) in [5.41, 5.74) is 0.479. The van der Waals surface area contributed by atoms with Crippen molar-refractivity contribution in [2.75, 3.05) is 0 Å². The van der Waals surface area contributed by atoms with E-state index in [-0.39, 0.29) is 18.1 Å². The lowest BCUT2D eigenvalue weighted by Crippen LogP contribution is -2.39. The number of fused-ring (bicyclic) bond motifs is 1. The minimum Gasteiger partial charge on any atom is -0.267 e. The topological polar surface area (TPSA) is 95.6 Å². The number of hydrogen-bond acceptors (Lipinski definition) is 6. The van der Waals surface area contributed by atoms with Gasteiger partial charge in [0, 0.05) is 25.0 Å². The van der Waals surface area contributed by atoms with Crippen LogP contribution in [-0.2, 0) is 13.6 Å². The van der Waals surface area contributed by atoms with Crippen LogP contribution in [0.3, 0.4) is 0 Å². The molecular weight excluding hydrogens is 332 g/mol. The normalized spacial score (nSPS) is 11.0. The third-order valence-corrected chi connectivity index (χ3v) is 3.96. The van der Waals surface area contributed by atoms with E-state index in [9.17, 15) is 9.59 Å². The van der Waals surface area contributed by atoms with Crippen molar-refractivity contribution in [1.82, 2.24) is 29.3 Å². The summed E-state index contributed by atoms with van der Waals surface area (Å²) < 4.78 is 2.47. The molecule has 0 radical (unpaired) electrons. The van der Waals surface area contributed by atoms with Gasteiger partial charge < -0.3 is 0 Å². The van der Waals surface area contributed by atoms with E-state index in [1.807, 2.05) is 30.3 Å². The highest BCUT2D eigenvalue weighted by molar-refractivity contribution is 5.58. The van der Waals surface area contributed by atoms with Gasteiger partial charge in [0.05, 0.1) is 6.54 Å². The molecule has 2 aliphatic heterocycles. The van der Waals surface area contributed by atoms with Gasteiger partial charge in [-0.05, 0) is 17.7 Å². The lowest BCUT2D eigenvalue weighted by atomic mass is 10.2. The van der Waals surface area contributed by atoms with Gasteiger partial charge in [-0.3, -0.25) is 14.3 Å². The van der Waals surface area contributed by atoms with Gasteiger partial charge in [0.1, 0.15) is 0 Å². The summed E-state index contributed by atoms with van der Waals surface area (Å²) in [6.45, 7) is 0.136. The molecule has 1 aromatic carbocycles. The minimum absolute atomic E-state index is 0.0943. The first kappa shape index (κ1) is 15.8. The van der Waals surface area contributed by atoms with Gasteiger partial charge in [-0.15, -0.1) is 0 Å². The highest BCUT2D eigenvalue weighted by Gasteiger charge is 2.20. The molecule has 2 aliphatic rings. The highest BCUT2D eigenvalue weighted by atomic mass is 16.2. The van der Waals surface area contributed by atoms with Gasteiger partial charge in [0.15, 0.2) is 17.3 Å². The predicted molar refractivity (Wildman–Crippen MR) is 94.7 cm³/mol. The maximum absolute atomic E-state index is 12.9. The quantitative estimate of drug-likeness (QED) is 0.548. The molecule has 0 aliphatic carbocycles. The van der Waals surface area contributed by atoms with Crippen molar-refractivity contribution in [3.05, 3.63) is 81.3 Å². The molecule has 128 valence electrons. The van der Waals surface area contributed by atoms with Crippen molar-refractivity contribution in [3.8, 4) is 22.9 Å². The molecule has 0 saturated carbocycles. The van der Waals surface area contributed by atoms with Crippen LogP contribution in [0.1, 0.15) is 5.56 Å². The maximum atomic E-state index is 12.9. The van der Waals surface area contributed by atoms with Crippen molar-refractivity contribution < 1.29 is 0 Å². The van der Waals surface area contributed by atoms with Crippen LogP contribution in [-0.4, -0.2) is 29.3 Å². The first-order chi connectivity index (χ1) is 12.6. The van der Waals surface area contributed by atoms with E-state index in [1.165, 1.54) is 4.68 Å². The fraction of sp³-hybridized carbons (Fsp3) is 0.111. The predicted octanol–water partition coefficient (Wildman–Crippen LogP) is 0.947. The van der Waals surface area contributed by atoms with Crippen LogP contribution in [0.4, 0.5) is 0 Å². The van der Waals surface area contributed by atoms with E-state index in [1.54, 1.807) is 31.6 Å². The van der Waals surface area contributed by atoms with Crippen LogP contribution >= 0.6 is 0 Å². The molecule has 0 atom stereocenters. The van der Waals surface area contributed by atoms with Crippen molar-refractivity contribution in [2.24, 2.45) is 7.05 Å². The van der Waals surface area contributed by atoms with Gasteiger partial charge in [-0.25, -0.2) is 14.5 Å². The molecule has 4 rings (SSSR count). The van der Waals surface area contributed by atoms with E-state index in [0.29, 0.717) is 11.4 Å². The standard InChI is InChI=1S/C18H14N6O2/c1-23-16-14(20-15(22-23)13-8-5-9-19-10-13)17(25)24(18(26)21-16)11-12-6-3-2-4-7-12/h2-10H,11H2,1H3. The second-order valence-corrected chi connectivity index (χ2v) is 5.74. The molecule has 0 fully saturated rings. The molecule has 1 aromatic heterocycles. The van der Waals surface area contributed by atoms with Gasteiger partial charge in [0.25, 0.3) is 5.56 Å². The fourth-order valence-electron chi connectivity index (χ4n) is 2.68. The van der Waals surface area contributed by atoms with Crippen molar-refractivity contribution in [2.45, 2.75) is 6.54 Å². The highest BCUT2D eigenvalue weighted by Crippen LogP contribution is 2.16.